The molecule has 0 N–H and O–H groups in total. The number of rotatable bonds is 0. The zero-order valence-electron chi connectivity index (χ0n) is 8.83. The third-order valence-corrected chi connectivity index (χ3v) is 5.12. The molecule has 82 valence electrons. The molecule has 1 aliphatic carbocycles. The SMILES string of the molecule is Br/C1=C(\Br)CCCCCCCCCC1. The van der Waals surface area contributed by atoms with Gasteiger partial charge in [-0.1, -0.05) is 70.4 Å². The quantitative estimate of drug-likeness (QED) is 0.520. The van der Waals surface area contributed by atoms with Gasteiger partial charge in [0.2, 0.25) is 0 Å². The predicted molar refractivity (Wildman–Crippen MR) is 71.1 cm³/mol. The van der Waals surface area contributed by atoms with Gasteiger partial charge >= 0.3 is 0 Å². The lowest BCUT2D eigenvalue weighted by molar-refractivity contribution is 0.565. The maximum atomic E-state index is 3.68. The first kappa shape index (κ1) is 12.8. The number of hydrogen-bond donors (Lipinski definition) is 0. The van der Waals surface area contributed by atoms with E-state index >= 15 is 0 Å². The van der Waals surface area contributed by atoms with E-state index in [-0.39, 0.29) is 0 Å². The lowest BCUT2D eigenvalue weighted by Gasteiger charge is -2.07. The smallest absolute Gasteiger partial charge is 0.00518 e. The van der Waals surface area contributed by atoms with Gasteiger partial charge < -0.3 is 0 Å². The lowest BCUT2D eigenvalue weighted by atomic mass is 10.0. The molecule has 0 spiro atoms. The summed E-state index contributed by atoms with van der Waals surface area (Å²) in [4.78, 5) is 0. The van der Waals surface area contributed by atoms with E-state index in [1.54, 1.807) is 0 Å². The van der Waals surface area contributed by atoms with Gasteiger partial charge in [0.25, 0.3) is 0 Å². The third-order valence-electron chi connectivity index (χ3n) is 2.84. The zero-order valence-corrected chi connectivity index (χ0v) is 12.0. The van der Waals surface area contributed by atoms with E-state index in [2.05, 4.69) is 31.9 Å². The van der Waals surface area contributed by atoms with Crippen LogP contribution in [0, 0.1) is 0 Å². The fourth-order valence-corrected chi connectivity index (χ4v) is 2.85. The van der Waals surface area contributed by atoms with Crippen molar-refractivity contribution >= 4 is 31.9 Å². The molecule has 0 nitrogen and oxygen atoms in total. The van der Waals surface area contributed by atoms with Crippen LogP contribution in [0.5, 0.6) is 0 Å². The van der Waals surface area contributed by atoms with E-state index in [9.17, 15) is 0 Å². The Bertz CT molecular complexity index is 165. The first-order chi connectivity index (χ1) is 6.80. The summed E-state index contributed by atoms with van der Waals surface area (Å²) in [7, 11) is 0. The van der Waals surface area contributed by atoms with Crippen LogP contribution in [0.1, 0.15) is 64.2 Å². The maximum Gasteiger partial charge on any atom is 0.00518 e. The molecular weight excluding hydrogens is 304 g/mol. The predicted octanol–water partition coefficient (Wildman–Crippen LogP) is 5.90. The molecular formula is C12H20Br2. The van der Waals surface area contributed by atoms with Gasteiger partial charge in [-0.25, -0.2) is 0 Å². The van der Waals surface area contributed by atoms with Gasteiger partial charge in [-0.15, -0.1) is 0 Å². The highest BCUT2D eigenvalue weighted by Crippen LogP contribution is 2.28. The van der Waals surface area contributed by atoms with Crippen LogP contribution in [-0.2, 0) is 0 Å². The van der Waals surface area contributed by atoms with Gasteiger partial charge in [0.15, 0.2) is 0 Å². The number of halogens is 2. The molecule has 1 aliphatic rings. The summed E-state index contributed by atoms with van der Waals surface area (Å²) >= 11 is 7.35. The first-order valence-corrected chi connectivity index (χ1v) is 7.42. The summed E-state index contributed by atoms with van der Waals surface area (Å²) < 4.78 is 2.80. The van der Waals surface area contributed by atoms with Crippen LogP contribution in [0.15, 0.2) is 8.96 Å². The van der Waals surface area contributed by atoms with Crippen molar-refractivity contribution < 1.29 is 0 Å². The highest BCUT2D eigenvalue weighted by Gasteiger charge is 2.03. The Kier molecular flexibility index (Phi) is 7.23. The second-order valence-electron chi connectivity index (χ2n) is 4.14. The Balaban J connectivity index is 2.37. The van der Waals surface area contributed by atoms with E-state index < -0.39 is 0 Å². The van der Waals surface area contributed by atoms with Crippen molar-refractivity contribution in [2.75, 3.05) is 0 Å². The van der Waals surface area contributed by atoms with Gasteiger partial charge in [-0.3, -0.25) is 0 Å². The van der Waals surface area contributed by atoms with Gasteiger partial charge in [-0.05, 0) is 25.7 Å². The van der Waals surface area contributed by atoms with Crippen LogP contribution < -0.4 is 0 Å². The summed E-state index contributed by atoms with van der Waals surface area (Å²) in [6.45, 7) is 0. The summed E-state index contributed by atoms with van der Waals surface area (Å²) in [6, 6.07) is 0. The van der Waals surface area contributed by atoms with Crippen molar-refractivity contribution in [3.05, 3.63) is 8.96 Å². The van der Waals surface area contributed by atoms with Crippen LogP contribution in [-0.4, -0.2) is 0 Å². The fraction of sp³-hybridized carbons (Fsp3) is 0.833. The van der Waals surface area contributed by atoms with E-state index in [0.717, 1.165) is 0 Å². The molecule has 0 atom stereocenters. The summed E-state index contributed by atoms with van der Waals surface area (Å²) in [5.41, 5.74) is 0. The van der Waals surface area contributed by atoms with E-state index in [4.69, 9.17) is 0 Å². The molecule has 0 aliphatic heterocycles. The molecule has 0 aromatic carbocycles. The maximum absolute atomic E-state index is 3.68. The second-order valence-corrected chi connectivity index (χ2v) is 6.05. The molecule has 0 saturated heterocycles. The molecule has 0 aromatic rings. The Morgan fingerprint density at radius 3 is 1.14 bits per heavy atom. The Labute approximate surface area is 105 Å². The van der Waals surface area contributed by atoms with Crippen LogP contribution in [0.3, 0.4) is 0 Å². The van der Waals surface area contributed by atoms with Crippen LogP contribution in [0.25, 0.3) is 0 Å². The van der Waals surface area contributed by atoms with Crippen molar-refractivity contribution in [1.29, 1.82) is 0 Å². The summed E-state index contributed by atoms with van der Waals surface area (Å²) in [5, 5.41) is 0. The van der Waals surface area contributed by atoms with E-state index in [1.807, 2.05) is 0 Å². The first-order valence-electron chi connectivity index (χ1n) is 5.84. The van der Waals surface area contributed by atoms with Crippen LogP contribution in [0.2, 0.25) is 0 Å². The molecule has 2 heteroatoms. The van der Waals surface area contributed by atoms with Gasteiger partial charge in [0.05, 0.1) is 0 Å². The molecule has 0 bridgehead atoms. The molecule has 0 aromatic heterocycles. The van der Waals surface area contributed by atoms with Crippen molar-refractivity contribution in [3.63, 3.8) is 0 Å². The molecule has 0 saturated carbocycles. The highest BCUT2D eigenvalue weighted by atomic mass is 79.9. The van der Waals surface area contributed by atoms with E-state index in [1.165, 1.54) is 73.2 Å². The average molecular weight is 324 g/mol. The zero-order chi connectivity index (χ0) is 10.2. The van der Waals surface area contributed by atoms with Crippen molar-refractivity contribution in [2.45, 2.75) is 64.2 Å². The fourth-order valence-electron chi connectivity index (χ4n) is 1.89. The highest BCUT2D eigenvalue weighted by molar-refractivity contribution is 9.14. The Hall–Kier alpha value is 0.700. The van der Waals surface area contributed by atoms with Crippen molar-refractivity contribution in [1.82, 2.24) is 0 Å². The number of hydrogen-bond acceptors (Lipinski definition) is 0. The molecule has 0 unspecified atom stereocenters. The Morgan fingerprint density at radius 1 is 0.500 bits per heavy atom. The molecule has 0 radical (unpaired) electrons. The molecule has 1 rings (SSSR count). The summed E-state index contributed by atoms with van der Waals surface area (Å²) in [5.74, 6) is 0. The molecule has 0 fully saturated rings. The topological polar surface area (TPSA) is 0 Å². The van der Waals surface area contributed by atoms with Gasteiger partial charge in [-0.2, -0.15) is 0 Å². The molecule has 14 heavy (non-hydrogen) atoms. The monoisotopic (exact) mass is 322 g/mol. The Morgan fingerprint density at radius 2 is 0.786 bits per heavy atom. The minimum Gasteiger partial charge on any atom is -0.0548 e. The van der Waals surface area contributed by atoms with Crippen molar-refractivity contribution in [3.8, 4) is 0 Å². The van der Waals surface area contributed by atoms with Crippen molar-refractivity contribution in [2.24, 2.45) is 0 Å². The summed E-state index contributed by atoms with van der Waals surface area (Å²) in [6.07, 6.45) is 13.7. The standard InChI is InChI=1S/C12H20Br2/c13-11-9-7-5-3-1-2-4-6-8-10-12(11)14/h1-10H2/b12-11-. The van der Waals surface area contributed by atoms with Gasteiger partial charge in [0, 0.05) is 8.96 Å². The second kappa shape index (κ2) is 7.92. The van der Waals surface area contributed by atoms with Crippen LogP contribution in [0.4, 0.5) is 0 Å². The minimum atomic E-state index is 1.22. The normalized spacial score (nSPS) is 27.9. The molecule has 0 amide bonds. The lowest BCUT2D eigenvalue weighted by Crippen LogP contribution is -1.87. The van der Waals surface area contributed by atoms with Crippen LogP contribution >= 0.6 is 31.9 Å². The average Bonchev–Trinajstić information content (AvgIpc) is 2.18. The third kappa shape index (κ3) is 5.55. The van der Waals surface area contributed by atoms with E-state index in [0.29, 0.717) is 0 Å². The molecule has 0 heterocycles. The largest absolute Gasteiger partial charge is 0.0548 e. The number of allylic oxidation sites excluding steroid dienone is 2. The minimum absolute atomic E-state index is 1.22. The van der Waals surface area contributed by atoms with Gasteiger partial charge in [0.1, 0.15) is 0 Å².